The summed E-state index contributed by atoms with van der Waals surface area (Å²) in [5.41, 5.74) is 1.31. The van der Waals surface area contributed by atoms with Crippen molar-refractivity contribution in [3.63, 3.8) is 0 Å². The number of nitrogens with one attached hydrogen (secondary N) is 1. The van der Waals surface area contributed by atoms with Crippen molar-refractivity contribution in [1.29, 1.82) is 0 Å². The zero-order valence-electron chi connectivity index (χ0n) is 12.8. The molecule has 2 aromatic carbocycles. The van der Waals surface area contributed by atoms with Gasteiger partial charge in [0.1, 0.15) is 5.75 Å². The number of hydrogen-bond donors (Lipinski definition) is 1. The number of carbonyl (C=O) groups excluding carboxylic acids is 1. The Kier molecular flexibility index (Phi) is 5.08. The minimum Gasteiger partial charge on any atom is -0.494 e. The maximum absolute atomic E-state index is 12.3. The molecule has 0 saturated carbocycles. The van der Waals surface area contributed by atoms with E-state index in [4.69, 9.17) is 16.3 Å². The summed E-state index contributed by atoms with van der Waals surface area (Å²) >= 11 is 7.42. The molecule has 1 amide bonds. The number of rotatable bonds is 5. The van der Waals surface area contributed by atoms with E-state index in [-0.39, 0.29) is 5.91 Å². The van der Waals surface area contributed by atoms with Crippen LogP contribution in [0.25, 0.3) is 10.6 Å². The van der Waals surface area contributed by atoms with Crippen LogP contribution in [0.2, 0.25) is 5.02 Å². The van der Waals surface area contributed by atoms with Crippen LogP contribution in [-0.4, -0.2) is 22.7 Å². The minimum absolute atomic E-state index is 0.250. The third-order valence-electron chi connectivity index (χ3n) is 3.18. The molecule has 0 spiro atoms. The lowest BCUT2D eigenvalue weighted by Gasteiger charge is -2.04. The summed E-state index contributed by atoms with van der Waals surface area (Å²) in [6, 6.07) is 14.3. The molecular formula is C17H14ClN3O2S. The number of amides is 1. The van der Waals surface area contributed by atoms with E-state index in [1.165, 1.54) is 11.3 Å². The highest BCUT2D eigenvalue weighted by Crippen LogP contribution is 2.31. The molecule has 0 bridgehead atoms. The van der Waals surface area contributed by atoms with Gasteiger partial charge in [0.25, 0.3) is 5.91 Å². The Hall–Kier alpha value is -2.44. The zero-order valence-corrected chi connectivity index (χ0v) is 14.4. The molecule has 122 valence electrons. The fourth-order valence-electron chi connectivity index (χ4n) is 2.06. The van der Waals surface area contributed by atoms with Crippen LogP contribution in [0.15, 0.2) is 48.5 Å². The zero-order chi connectivity index (χ0) is 16.9. The first kappa shape index (κ1) is 16.4. The van der Waals surface area contributed by atoms with Gasteiger partial charge in [-0.1, -0.05) is 41.1 Å². The number of aromatic nitrogens is 2. The van der Waals surface area contributed by atoms with Gasteiger partial charge in [-0.25, -0.2) is 0 Å². The van der Waals surface area contributed by atoms with Gasteiger partial charge in [-0.15, -0.1) is 10.2 Å². The molecule has 0 saturated heterocycles. The molecular weight excluding hydrogens is 346 g/mol. The van der Waals surface area contributed by atoms with Crippen LogP contribution in [0.3, 0.4) is 0 Å². The monoisotopic (exact) mass is 359 g/mol. The fourth-order valence-corrected chi connectivity index (χ4v) is 3.12. The third kappa shape index (κ3) is 3.72. The molecule has 0 unspecified atom stereocenters. The van der Waals surface area contributed by atoms with E-state index >= 15 is 0 Å². The standard InChI is InChI=1S/C17H14ClN3O2S/c1-2-23-12-9-7-11(8-10-12)15(22)19-17-21-20-16(24-17)13-5-3-4-6-14(13)18/h3-10H,2H2,1H3,(H,19,21,22). The molecule has 1 N–H and O–H groups in total. The van der Waals surface area contributed by atoms with Gasteiger partial charge < -0.3 is 4.74 Å². The molecule has 0 aliphatic carbocycles. The van der Waals surface area contributed by atoms with E-state index in [0.29, 0.717) is 27.3 Å². The van der Waals surface area contributed by atoms with Crippen molar-refractivity contribution in [2.24, 2.45) is 0 Å². The number of halogens is 1. The highest BCUT2D eigenvalue weighted by atomic mass is 35.5. The number of hydrogen-bond acceptors (Lipinski definition) is 5. The maximum atomic E-state index is 12.3. The van der Waals surface area contributed by atoms with E-state index in [9.17, 15) is 4.79 Å². The Morgan fingerprint density at radius 1 is 1.17 bits per heavy atom. The summed E-state index contributed by atoms with van der Waals surface area (Å²) in [5, 5.41) is 12.5. The third-order valence-corrected chi connectivity index (χ3v) is 4.38. The first-order valence-electron chi connectivity index (χ1n) is 7.30. The second-order valence-electron chi connectivity index (χ2n) is 4.80. The quantitative estimate of drug-likeness (QED) is 0.728. The van der Waals surface area contributed by atoms with Gasteiger partial charge in [0.2, 0.25) is 5.13 Å². The van der Waals surface area contributed by atoms with Gasteiger partial charge in [0.15, 0.2) is 5.01 Å². The lowest BCUT2D eigenvalue weighted by atomic mass is 10.2. The van der Waals surface area contributed by atoms with Crippen LogP contribution in [0, 0.1) is 0 Å². The van der Waals surface area contributed by atoms with E-state index < -0.39 is 0 Å². The topological polar surface area (TPSA) is 64.1 Å². The van der Waals surface area contributed by atoms with Gasteiger partial charge in [-0.05, 0) is 37.3 Å². The van der Waals surface area contributed by atoms with Crippen molar-refractivity contribution in [2.45, 2.75) is 6.92 Å². The van der Waals surface area contributed by atoms with E-state index in [1.807, 2.05) is 25.1 Å². The van der Waals surface area contributed by atoms with Crippen LogP contribution in [0.1, 0.15) is 17.3 Å². The predicted octanol–water partition coefficient (Wildman–Crippen LogP) is 4.51. The lowest BCUT2D eigenvalue weighted by molar-refractivity contribution is 0.102. The van der Waals surface area contributed by atoms with Gasteiger partial charge in [-0.2, -0.15) is 0 Å². The largest absolute Gasteiger partial charge is 0.494 e. The predicted molar refractivity (Wildman–Crippen MR) is 95.9 cm³/mol. The van der Waals surface area contributed by atoms with Crippen LogP contribution >= 0.6 is 22.9 Å². The average molecular weight is 360 g/mol. The SMILES string of the molecule is CCOc1ccc(C(=O)Nc2nnc(-c3ccccc3Cl)s2)cc1. The number of nitrogens with zero attached hydrogens (tertiary/aromatic N) is 2. The molecule has 1 heterocycles. The van der Waals surface area contributed by atoms with Crippen molar-refractivity contribution < 1.29 is 9.53 Å². The first-order chi connectivity index (χ1) is 11.7. The first-order valence-corrected chi connectivity index (χ1v) is 8.49. The van der Waals surface area contributed by atoms with Gasteiger partial charge in [0.05, 0.1) is 11.6 Å². The number of carbonyl (C=O) groups is 1. The average Bonchev–Trinajstić information content (AvgIpc) is 3.04. The second-order valence-corrected chi connectivity index (χ2v) is 6.19. The summed E-state index contributed by atoms with van der Waals surface area (Å²) in [5.74, 6) is 0.478. The van der Waals surface area contributed by atoms with Crippen molar-refractivity contribution in [3.8, 4) is 16.3 Å². The molecule has 3 aromatic rings. The molecule has 0 atom stereocenters. The minimum atomic E-state index is -0.250. The van der Waals surface area contributed by atoms with Gasteiger partial charge >= 0.3 is 0 Å². The Balaban J connectivity index is 1.72. The van der Waals surface area contributed by atoms with Crippen molar-refractivity contribution in [2.75, 3.05) is 11.9 Å². The normalized spacial score (nSPS) is 10.4. The molecule has 1 aromatic heterocycles. The van der Waals surface area contributed by atoms with E-state index in [2.05, 4.69) is 15.5 Å². The summed E-state index contributed by atoms with van der Waals surface area (Å²) in [4.78, 5) is 12.3. The summed E-state index contributed by atoms with van der Waals surface area (Å²) < 4.78 is 5.36. The fraction of sp³-hybridized carbons (Fsp3) is 0.118. The summed E-state index contributed by atoms with van der Waals surface area (Å²) in [7, 11) is 0. The summed E-state index contributed by atoms with van der Waals surface area (Å²) in [6.07, 6.45) is 0. The Labute approximate surface area is 148 Å². The van der Waals surface area contributed by atoms with Crippen LogP contribution in [0.4, 0.5) is 5.13 Å². The molecule has 0 aliphatic heterocycles. The Bertz CT molecular complexity index is 849. The molecule has 24 heavy (non-hydrogen) atoms. The molecule has 7 heteroatoms. The second kappa shape index (κ2) is 7.42. The molecule has 5 nitrogen and oxygen atoms in total. The molecule has 0 radical (unpaired) electrons. The van der Waals surface area contributed by atoms with E-state index in [1.54, 1.807) is 30.3 Å². The van der Waals surface area contributed by atoms with E-state index in [0.717, 1.165) is 11.3 Å². The lowest BCUT2D eigenvalue weighted by Crippen LogP contribution is -2.11. The smallest absolute Gasteiger partial charge is 0.257 e. The Morgan fingerprint density at radius 3 is 2.62 bits per heavy atom. The molecule has 0 aliphatic rings. The number of anilines is 1. The summed E-state index contributed by atoms with van der Waals surface area (Å²) in [6.45, 7) is 2.49. The van der Waals surface area contributed by atoms with Crippen LogP contribution in [0.5, 0.6) is 5.75 Å². The Morgan fingerprint density at radius 2 is 1.92 bits per heavy atom. The number of benzene rings is 2. The maximum Gasteiger partial charge on any atom is 0.257 e. The number of ether oxygens (including phenoxy) is 1. The highest BCUT2D eigenvalue weighted by Gasteiger charge is 2.13. The van der Waals surface area contributed by atoms with Gasteiger partial charge in [0, 0.05) is 11.1 Å². The van der Waals surface area contributed by atoms with Crippen LogP contribution < -0.4 is 10.1 Å². The van der Waals surface area contributed by atoms with Crippen LogP contribution in [-0.2, 0) is 0 Å². The highest BCUT2D eigenvalue weighted by molar-refractivity contribution is 7.18. The van der Waals surface area contributed by atoms with Crippen molar-refractivity contribution >= 4 is 34.0 Å². The van der Waals surface area contributed by atoms with Crippen molar-refractivity contribution in [3.05, 3.63) is 59.1 Å². The van der Waals surface area contributed by atoms with Crippen molar-refractivity contribution in [1.82, 2.24) is 10.2 Å². The van der Waals surface area contributed by atoms with Gasteiger partial charge in [-0.3, -0.25) is 10.1 Å². The molecule has 0 fully saturated rings. The molecule has 3 rings (SSSR count).